The lowest BCUT2D eigenvalue weighted by atomic mass is 10.1. The van der Waals surface area contributed by atoms with E-state index in [0.717, 1.165) is 4.90 Å². The number of amides is 2. The van der Waals surface area contributed by atoms with Gasteiger partial charge < -0.3 is 18.6 Å². The zero-order chi connectivity index (χ0) is 22.4. The molecule has 0 N–H and O–H groups in total. The van der Waals surface area contributed by atoms with Gasteiger partial charge in [-0.1, -0.05) is 26.8 Å². The first kappa shape index (κ1) is 24.1. The normalized spacial score (nSPS) is 26.1. The molecule has 0 radical (unpaired) electrons. The summed E-state index contributed by atoms with van der Waals surface area (Å²) in [6.07, 6.45) is 1.47. The molecular formula is C21H37NO6Si. The molecule has 7 nitrogen and oxygen atoms in total. The first-order chi connectivity index (χ1) is 12.9. The van der Waals surface area contributed by atoms with Crippen molar-refractivity contribution in [3.8, 4) is 0 Å². The largest absolute Gasteiger partial charge is 0.443 e. The van der Waals surface area contributed by atoms with Gasteiger partial charge in [0.2, 0.25) is 0 Å². The molecule has 0 aromatic heterocycles. The number of rotatable bonds is 4. The van der Waals surface area contributed by atoms with Crippen LogP contribution in [0.15, 0.2) is 12.2 Å². The van der Waals surface area contributed by atoms with Gasteiger partial charge in [-0.2, -0.15) is 0 Å². The molecule has 2 rings (SSSR count). The Hall–Kier alpha value is -1.22. The predicted molar refractivity (Wildman–Crippen MR) is 113 cm³/mol. The molecule has 1 fully saturated rings. The van der Waals surface area contributed by atoms with Crippen molar-refractivity contribution in [2.75, 3.05) is 6.61 Å². The van der Waals surface area contributed by atoms with E-state index in [9.17, 15) is 9.59 Å². The smallest absolute Gasteiger partial charge is 0.417 e. The number of carbonyl (C=O) groups excluding carboxylic acids is 2. The van der Waals surface area contributed by atoms with Crippen LogP contribution in [0.2, 0.25) is 18.1 Å². The minimum absolute atomic E-state index is 0.0523. The highest BCUT2D eigenvalue weighted by Gasteiger charge is 2.50. The molecule has 166 valence electrons. The molecule has 29 heavy (non-hydrogen) atoms. The second kappa shape index (κ2) is 7.79. The van der Waals surface area contributed by atoms with Crippen LogP contribution in [0.3, 0.4) is 0 Å². The molecule has 0 saturated carbocycles. The quantitative estimate of drug-likeness (QED) is 0.625. The second-order valence-corrected chi connectivity index (χ2v) is 15.5. The molecule has 0 bridgehead atoms. The Bertz CT molecular complexity index is 674. The van der Waals surface area contributed by atoms with Crippen LogP contribution in [-0.4, -0.2) is 61.5 Å². The summed E-state index contributed by atoms with van der Waals surface area (Å²) in [4.78, 5) is 26.5. The number of imide groups is 1. The van der Waals surface area contributed by atoms with Gasteiger partial charge in [0, 0.05) is 6.08 Å². The molecule has 0 spiro atoms. The van der Waals surface area contributed by atoms with Crippen LogP contribution in [0.1, 0.15) is 55.4 Å². The zero-order valence-corrected chi connectivity index (χ0v) is 20.5. The van der Waals surface area contributed by atoms with Crippen LogP contribution in [-0.2, 0) is 23.4 Å². The molecule has 2 amide bonds. The third-order valence-corrected chi connectivity index (χ3v) is 10.0. The number of carbonyl (C=O) groups is 2. The topological polar surface area (TPSA) is 74.3 Å². The molecule has 0 aromatic rings. The fourth-order valence-corrected chi connectivity index (χ4v) is 4.36. The molecule has 3 unspecified atom stereocenters. The lowest BCUT2D eigenvalue weighted by Crippen LogP contribution is -2.57. The Morgan fingerprint density at radius 3 is 2.28 bits per heavy atom. The van der Waals surface area contributed by atoms with Gasteiger partial charge in [0.1, 0.15) is 11.7 Å². The average Bonchev–Trinajstić information content (AvgIpc) is 3.04. The van der Waals surface area contributed by atoms with Crippen LogP contribution in [0, 0.1) is 0 Å². The van der Waals surface area contributed by atoms with E-state index in [0.29, 0.717) is 6.61 Å². The number of hydrogen-bond acceptors (Lipinski definition) is 6. The Labute approximate surface area is 175 Å². The standard InChI is InChI=1S/C21H37NO6Si/c1-19(2,3)27-18(24)22-14(11-12-16(22)23)17(15-13-25-21(7,8)26-15)28-29(9,10)20(4,5)6/h11-12,14-15,17H,13H2,1-10H3. The lowest BCUT2D eigenvalue weighted by molar-refractivity contribution is -0.153. The minimum Gasteiger partial charge on any atom is -0.443 e. The van der Waals surface area contributed by atoms with Crippen molar-refractivity contribution >= 4 is 20.3 Å². The molecule has 2 heterocycles. The maximum Gasteiger partial charge on any atom is 0.417 e. The summed E-state index contributed by atoms with van der Waals surface area (Å²) in [5, 5.41) is -0.0523. The van der Waals surface area contributed by atoms with Gasteiger partial charge in [0.25, 0.3) is 5.91 Å². The van der Waals surface area contributed by atoms with E-state index < -0.39 is 50.0 Å². The van der Waals surface area contributed by atoms with E-state index >= 15 is 0 Å². The Balaban J connectivity index is 2.37. The number of nitrogens with zero attached hydrogens (tertiary/aromatic N) is 1. The highest BCUT2D eigenvalue weighted by molar-refractivity contribution is 6.74. The molecule has 2 aliphatic heterocycles. The average molecular weight is 428 g/mol. The fourth-order valence-electron chi connectivity index (χ4n) is 3.03. The van der Waals surface area contributed by atoms with E-state index in [1.165, 1.54) is 6.08 Å². The van der Waals surface area contributed by atoms with Crippen molar-refractivity contribution < 1.29 is 28.2 Å². The van der Waals surface area contributed by atoms with Crippen LogP contribution >= 0.6 is 0 Å². The first-order valence-electron chi connectivity index (χ1n) is 10.2. The predicted octanol–water partition coefficient (Wildman–Crippen LogP) is 4.23. The molecule has 2 aliphatic rings. The van der Waals surface area contributed by atoms with Crippen LogP contribution in [0.25, 0.3) is 0 Å². The summed E-state index contributed by atoms with van der Waals surface area (Å²) in [6, 6.07) is -0.617. The number of hydrogen-bond donors (Lipinski definition) is 0. The summed E-state index contributed by atoms with van der Waals surface area (Å²) in [7, 11) is -2.24. The summed E-state index contributed by atoms with van der Waals surface area (Å²) >= 11 is 0. The van der Waals surface area contributed by atoms with E-state index in [1.54, 1.807) is 26.8 Å². The van der Waals surface area contributed by atoms with Gasteiger partial charge in [0.05, 0.1) is 18.8 Å². The first-order valence-corrected chi connectivity index (χ1v) is 13.1. The molecule has 3 atom stereocenters. The van der Waals surface area contributed by atoms with E-state index in [2.05, 4.69) is 33.9 Å². The Morgan fingerprint density at radius 1 is 1.24 bits per heavy atom. The number of ether oxygens (including phenoxy) is 3. The third kappa shape index (κ3) is 5.68. The van der Waals surface area contributed by atoms with Crippen molar-refractivity contribution in [1.29, 1.82) is 0 Å². The SMILES string of the molecule is CC(C)(C)OC(=O)N1C(=O)C=CC1C(O[Si](C)(C)C(C)(C)C)C1COC(C)(C)O1. The van der Waals surface area contributed by atoms with Gasteiger partial charge in [0.15, 0.2) is 14.1 Å². The minimum atomic E-state index is -2.24. The van der Waals surface area contributed by atoms with E-state index in [-0.39, 0.29) is 5.04 Å². The van der Waals surface area contributed by atoms with Gasteiger partial charge in [-0.15, -0.1) is 0 Å². The zero-order valence-electron chi connectivity index (χ0n) is 19.5. The van der Waals surface area contributed by atoms with Gasteiger partial charge in [-0.3, -0.25) is 4.79 Å². The lowest BCUT2D eigenvalue weighted by Gasteiger charge is -2.43. The van der Waals surface area contributed by atoms with Gasteiger partial charge >= 0.3 is 6.09 Å². The third-order valence-electron chi connectivity index (χ3n) is 5.53. The second-order valence-electron chi connectivity index (χ2n) is 10.7. The Morgan fingerprint density at radius 2 is 1.83 bits per heavy atom. The summed E-state index contributed by atoms with van der Waals surface area (Å²) < 4.78 is 24.1. The maximum atomic E-state index is 12.8. The molecular weight excluding hydrogens is 390 g/mol. The van der Waals surface area contributed by atoms with Crippen molar-refractivity contribution in [3.63, 3.8) is 0 Å². The maximum absolute atomic E-state index is 12.8. The van der Waals surface area contributed by atoms with Gasteiger partial charge in [-0.05, 0) is 52.8 Å². The van der Waals surface area contributed by atoms with Gasteiger partial charge in [-0.25, -0.2) is 9.69 Å². The van der Waals surface area contributed by atoms with Crippen LogP contribution in [0.4, 0.5) is 4.79 Å². The molecule has 0 aliphatic carbocycles. The fraction of sp³-hybridized carbons (Fsp3) is 0.810. The van der Waals surface area contributed by atoms with Crippen molar-refractivity contribution in [2.45, 2.75) is 103 Å². The molecule has 8 heteroatoms. The molecule has 1 saturated heterocycles. The highest BCUT2D eigenvalue weighted by atomic mass is 28.4. The van der Waals surface area contributed by atoms with Crippen molar-refractivity contribution in [3.05, 3.63) is 12.2 Å². The van der Waals surface area contributed by atoms with E-state index in [1.807, 2.05) is 13.8 Å². The van der Waals surface area contributed by atoms with Crippen molar-refractivity contribution in [2.24, 2.45) is 0 Å². The Kier molecular flexibility index (Phi) is 6.46. The highest BCUT2D eigenvalue weighted by Crippen LogP contribution is 2.40. The monoisotopic (exact) mass is 427 g/mol. The molecule has 0 aromatic carbocycles. The van der Waals surface area contributed by atoms with Crippen LogP contribution < -0.4 is 0 Å². The summed E-state index contributed by atoms with van der Waals surface area (Å²) in [6.45, 7) is 20.0. The van der Waals surface area contributed by atoms with Crippen LogP contribution in [0.5, 0.6) is 0 Å². The van der Waals surface area contributed by atoms with Crippen molar-refractivity contribution in [1.82, 2.24) is 4.90 Å². The summed E-state index contributed by atoms with van der Waals surface area (Å²) in [5.74, 6) is -1.16. The van der Waals surface area contributed by atoms with E-state index in [4.69, 9.17) is 18.6 Å². The summed E-state index contributed by atoms with van der Waals surface area (Å²) in [5.41, 5.74) is -0.713.